The largest absolute Gasteiger partial charge is 0.415 e. The molecule has 0 bridgehead atoms. The summed E-state index contributed by atoms with van der Waals surface area (Å²) in [5.74, 6) is -0.430. The first kappa shape index (κ1) is 25.4. The van der Waals surface area contributed by atoms with Crippen LogP contribution in [-0.4, -0.2) is 48.6 Å². The summed E-state index contributed by atoms with van der Waals surface area (Å²) in [7, 11) is -1.98. The molecule has 1 amide bonds. The second kappa shape index (κ2) is 10.1. The molecule has 2 aromatic rings. The number of nitrogens with zero attached hydrogens (tertiary/aromatic N) is 4. The number of halogens is 3. The van der Waals surface area contributed by atoms with E-state index in [1.54, 1.807) is 18.4 Å². The van der Waals surface area contributed by atoms with Crippen molar-refractivity contribution in [2.24, 2.45) is 0 Å². The molecule has 0 radical (unpaired) electrons. The minimum Gasteiger partial charge on any atom is -0.415 e. The molecule has 6 nitrogen and oxygen atoms in total. The number of carbonyl (C=O) groups excluding carboxylic acids is 1. The number of aromatic nitrogens is 3. The maximum absolute atomic E-state index is 13.4. The lowest BCUT2D eigenvalue weighted by molar-refractivity contribution is 0.0981. The predicted molar refractivity (Wildman–Crippen MR) is 128 cm³/mol. The Balaban J connectivity index is 2.35. The van der Waals surface area contributed by atoms with Crippen LogP contribution in [-0.2, 0) is 4.43 Å². The molecule has 0 aliphatic rings. The van der Waals surface area contributed by atoms with Crippen LogP contribution in [0.25, 0.3) is 0 Å². The Hall–Kier alpha value is -0.903. The maximum atomic E-state index is 13.4. The molecule has 0 unspecified atom stereocenters. The summed E-state index contributed by atoms with van der Waals surface area (Å²) in [6, 6.07) is 3.32. The minimum atomic E-state index is -1.98. The molecule has 11 heteroatoms. The fourth-order valence-corrected chi connectivity index (χ4v) is 4.44. The SMILES string of the molecule is CSc1nc(Cl)c(C(=O)N(CCO[Si](C)(C)C(C)(C)C)c2ccc(Cl)nc2)c(Cl)n1. The summed E-state index contributed by atoms with van der Waals surface area (Å²) < 4.78 is 6.25. The lowest BCUT2D eigenvalue weighted by Crippen LogP contribution is -2.43. The van der Waals surface area contributed by atoms with Crippen LogP contribution in [0.2, 0.25) is 33.6 Å². The van der Waals surface area contributed by atoms with Gasteiger partial charge < -0.3 is 9.33 Å². The molecular weight excluding hydrogens is 483 g/mol. The smallest absolute Gasteiger partial charge is 0.264 e. The van der Waals surface area contributed by atoms with Gasteiger partial charge in [-0.2, -0.15) is 0 Å². The highest BCUT2D eigenvalue weighted by molar-refractivity contribution is 7.98. The van der Waals surface area contributed by atoms with E-state index in [9.17, 15) is 4.79 Å². The summed E-state index contributed by atoms with van der Waals surface area (Å²) in [4.78, 5) is 27.3. The number of pyridine rings is 1. The normalized spacial score (nSPS) is 12.2. The lowest BCUT2D eigenvalue weighted by Gasteiger charge is -2.36. The third kappa shape index (κ3) is 6.08. The van der Waals surface area contributed by atoms with E-state index in [2.05, 4.69) is 48.8 Å². The number of anilines is 1. The van der Waals surface area contributed by atoms with Crippen LogP contribution < -0.4 is 4.90 Å². The Kier molecular flexibility index (Phi) is 8.57. The average molecular weight is 508 g/mol. The molecular formula is C19H25Cl3N4O2SSi. The van der Waals surface area contributed by atoms with Crippen molar-refractivity contribution in [1.82, 2.24) is 15.0 Å². The van der Waals surface area contributed by atoms with E-state index in [0.29, 0.717) is 22.6 Å². The number of hydrogen-bond acceptors (Lipinski definition) is 6. The van der Waals surface area contributed by atoms with Crippen molar-refractivity contribution in [3.05, 3.63) is 39.4 Å². The highest BCUT2D eigenvalue weighted by atomic mass is 35.5. The molecule has 164 valence electrons. The summed E-state index contributed by atoms with van der Waals surface area (Å²) in [6.45, 7) is 11.4. The Morgan fingerprint density at radius 1 is 1.17 bits per heavy atom. The quantitative estimate of drug-likeness (QED) is 0.146. The van der Waals surface area contributed by atoms with Gasteiger partial charge in [-0.05, 0) is 36.5 Å². The standard InChI is InChI=1S/C19H25Cl3N4O2SSi/c1-19(2,3)30(5,6)28-10-9-26(12-7-8-13(20)23-11-12)17(27)14-15(21)24-18(29-4)25-16(14)22/h7-8,11H,9-10H2,1-6H3. The zero-order valence-corrected chi connectivity index (χ0v) is 21.9. The molecule has 0 saturated carbocycles. The molecule has 2 aromatic heterocycles. The lowest BCUT2D eigenvalue weighted by atomic mass is 10.2. The van der Waals surface area contributed by atoms with Crippen LogP contribution in [0.5, 0.6) is 0 Å². The van der Waals surface area contributed by atoms with Crippen LogP contribution in [0, 0.1) is 0 Å². The maximum Gasteiger partial charge on any atom is 0.264 e. The Morgan fingerprint density at radius 3 is 2.23 bits per heavy atom. The van der Waals surface area contributed by atoms with Crippen LogP contribution in [0.15, 0.2) is 23.5 Å². The molecule has 0 atom stereocenters. The number of thioether (sulfide) groups is 1. The van der Waals surface area contributed by atoms with E-state index < -0.39 is 14.2 Å². The molecule has 2 rings (SSSR count). The van der Waals surface area contributed by atoms with E-state index in [1.807, 2.05) is 0 Å². The van der Waals surface area contributed by atoms with E-state index in [4.69, 9.17) is 39.2 Å². The van der Waals surface area contributed by atoms with Gasteiger partial charge in [0.15, 0.2) is 13.5 Å². The monoisotopic (exact) mass is 506 g/mol. The summed E-state index contributed by atoms with van der Waals surface area (Å²) >= 11 is 19.7. The van der Waals surface area contributed by atoms with Gasteiger partial charge in [0, 0.05) is 6.54 Å². The van der Waals surface area contributed by atoms with Crippen molar-refractivity contribution in [2.45, 2.75) is 44.1 Å². The first-order chi connectivity index (χ1) is 13.9. The molecule has 30 heavy (non-hydrogen) atoms. The van der Waals surface area contributed by atoms with Crippen molar-refractivity contribution in [1.29, 1.82) is 0 Å². The molecule has 0 saturated heterocycles. The van der Waals surface area contributed by atoms with Crippen molar-refractivity contribution >= 4 is 66.5 Å². The highest BCUT2D eigenvalue weighted by Crippen LogP contribution is 2.36. The van der Waals surface area contributed by atoms with Crippen molar-refractivity contribution in [3.8, 4) is 0 Å². The first-order valence-corrected chi connectivity index (χ1v) is 14.5. The highest BCUT2D eigenvalue weighted by Gasteiger charge is 2.37. The van der Waals surface area contributed by atoms with Crippen LogP contribution in [0.1, 0.15) is 31.1 Å². The van der Waals surface area contributed by atoms with Crippen LogP contribution in [0.4, 0.5) is 5.69 Å². The Bertz CT molecular complexity index is 885. The van der Waals surface area contributed by atoms with Crippen molar-refractivity contribution in [2.75, 3.05) is 24.3 Å². The minimum absolute atomic E-state index is 0.00147. The molecule has 0 aromatic carbocycles. The van der Waals surface area contributed by atoms with Gasteiger partial charge in [0.2, 0.25) is 0 Å². The van der Waals surface area contributed by atoms with Gasteiger partial charge >= 0.3 is 0 Å². The molecule has 0 spiro atoms. The third-order valence-corrected chi connectivity index (χ3v) is 10.9. The molecule has 0 aliphatic heterocycles. The van der Waals surface area contributed by atoms with Gasteiger partial charge in [0.05, 0.1) is 18.5 Å². The van der Waals surface area contributed by atoms with E-state index in [-0.39, 0.29) is 27.5 Å². The van der Waals surface area contributed by atoms with Gasteiger partial charge in [0.25, 0.3) is 5.91 Å². The molecule has 0 N–H and O–H groups in total. The second-order valence-electron chi connectivity index (χ2n) is 8.07. The molecule has 2 heterocycles. The zero-order valence-electron chi connectivity index (χ0n) is 17.8. The van der Waals surface area contributed by atoms with E-state index in [1.165, 1.54) is 22.9 Å². The van der Waals surface area contributed by atoms with E-state index >= 15 is 0 Å². The van der Waals surface area contributed by atoms with Crippen LogP contribution in [0.3, 0.4) is 0 Å². The number of carbonyl (C=O) groups is 1. The fraction of sp³-hybridized carbons (Fsp3) is 0.474. The first-order valence-electron chi connectivity index (χ1n) is 9.22. The van der Waals surface area contributed by atoms with Gasteiger partial charge in [-0.1, -0.05) is 67.3 Å². The molecule has 0 fully saturated rings. The van der Waals surface area contributed by atoms with Gasteiger partial charge in [-0.15, -0.1) is 0 Å². The summed E-state index contributed by atoms with van der Waals surface area (Å²) in [5.41, 5.74) is 0.586. The topological polar surface area (TPSA) is 68.2 Å². The second-order valence-corrected chi connectivity index (χ2v) is 14.8. The van der Waals surface area contributed by atoms with Gasteiger partial charge in [-0.3, -0.25) is 4.79 Å². The number of amides is 1. The Morgan fingerprint density at radius 2 is 1.77 bits per heavy atom. The van der Waals surface area contributed by atoms with E-state index in [0.717, 1.165) is 0 Å². The Labute approximate surface area is 197 Å². The number of hydrogen-bond donors (Lipinski definition) is 0. The molecule has 0 aliphatic carbocycles. The summed E-state index contributed by atoms with van der Waals surface area (Å²) in [5, 5.41) is 0.774. The third-order valence-electron chi connectivity index (χ3n) is 5.05. The number of rotatable bonds is 7. The zero-order chi connectivity index (χ0) is 22.7. The predicted octanol–water partition coefficient (Wildman–Crippen LogP) is 6.22. The van der Waals surface area contributed by atoms with Crippen molar-refractivity contribution < 1.29 is 9.22 Å². The van der Waals surface area contributed by atoms with Crippen LogP contribution >= 0.6 is 46.6 Å². The van der Waals surface area contributed by atoms with Gasteiger partial charge in [0.1, 0.15) is 21.0 Å². The fourth-order valence-electron chi connectivity index (χ4n) is 2.28. The van der Waals surface area contributed by atoms with Crippen molar-refractivity contribution in [3.63, 3.8) is 0 Å². The average Bonchev–Trinajstić information content (AvgIpc) is 2.64. The van der Waals surface area contributed by atoms with Gasteiger partial charge in [-0.25, -0.2) is 15.0 Å². The summed E-state index contributed by atoms with van der Waals surface area (Å²) in [6.07, 6.45) is 3.32.